The normalized spacial score (nSPS) is 10.4. The summed E-state index contributed by atoms with van der Waals surface area (Å²) >= 11 is 0. The molecule has 1 aromatic heterocycles. The number of hydrogen-bond donors (Lipinski definition) is 0. The number of hydrogen-bond acceptors (Lipinski definition) is 2. The lowest BCUT2D eigenvalue weighted by Gasteiger charge is -1.94. The minimum Gasteiger partial charge on any atom is -0.448 e. The average Bonchev–Trinajstić information content (AvgIpc) is 2.85. The molecule has 0 aliphatic carbocycles. The van der Waals surface area contributed by atoms with Gasteiger partial charge in [-0.05, 0) is 19.3 Å². The van der Waals surface area contributed by atoms with Gasteiger partial charge in [-0.2, -0.15) is 0 Å². The molecule has 88 valence electrons. The fourth-order valence-electron chi connectivity index (χ4n) is 1.73. The molecule has 0 amide bonds. The van der Waals surface area contributed by atoms with Gasteiger partial charge in [0, 0.05) is 12.0 Å². The fraction of sp³-hybridized carbons (Fsp3) is 0.267. The fourth-order valence-corrected chi connectivity index (χ4v) is 1.73. The summed E-state index contributed by atoms with van der Waals surface area (Å²) < 4.78 is 5.46. The molecule has 0 saturated carbocycles. The Hall–Kier alpha value is -1.83. The second-order valence-electron chi connectivity index (χ2n) is 4.03. The quantitative estimate of drug-likeness (QED) is 0.545. The number of unbranched alkanes of at least 4 members (excludes halogenated alkanes) is 2. The first-order valence-electron chi connectivity index (χ1n) is 6.01. The van der Waals surface area contributed by atoms with Gasteiger partial charge < -0.3 is 4.42 Å². The van der Waals surface area contributed by atoms with E-state index in [1.165, 1.54) is 0 Å². The van der Waals surface area contributed by atoms with Crippen molar-refractivity contribution in [1.82, 2.24) is 4.98 Å². The Balaban J connectivity index is 1.94. The number of aromatic nitrogens is 1. The van der Waals surface area contributed by atoms with Crippen LogP contribution >= 0.6 is 0 Å². The summed E-state index contributed by atoms with van der Waals surface area (Å²) in [6.45, 7) is 3.71. The Morgan fingerprint density at radius 3 is 2.76 bits per heavy atom. The molecule has 0 N–H and O–H groups in total. The number of rotatable bonds is 6. The van der Waals surface area contributed by atoms with Crippen molar-refractivity contribution in [3.05, 3.63) is 55.1 Å². The predicted molar refractivity (Wildman–Crippen MR) is 69.7 cm³/mol. The first-order chi connectivity index (χ1) is 8.40. The smallest absolute Gasteiger partial charge is 0.194 e. The molecule has 2 rings (SSSR count). The van der Waals surface area contributed by atoms with Crippen LogP contribution in [0.15, 0.2) is 53.7 Å². The van der Waals surface area contributed by atoms with Crippen molar-refractivity contribution in [3.8, 4) is 11.3 Å². The highest BCUT2D eigenvalue weighted by atomic mass is 16.3. The number of benzene rings is 1. The molecule has 1 heterocycles. The molecule has 0 aliphatic heterocycles. The lowest BCUT2D eigenvalue weighted by molar-refractivity contribution is 0.484. The van der Waals surface area contributed by atoms with Crippen LogP contribution < -0.4 is 0 Å². The van der Waals surface area contributed by atoms with Gasteiger partial charge in [0.15, 0.2) is 5.89 Å². The van der Waals surface area contributed by atoms with Crippen molar-refractivity contribution in [3.63, 3.8) is 0 Å². The summed E-state index contributed by atoms with van der Waals surface area (Å²) in [6, 6.07) is 10.1. The first kappa shape index (κ1) is 11.6. The van der Waals surface area contributed by atoms with Gasteiger partial charge >= 0.3 is 0 Å². The van der Waals surface area contributed by atoms with Gasteiger partial charge in [-0.15, -0.1) is 6.58 Å². The molecule has 0 atom stereocenters. The second-order valence-corrected chi connectivity index (χ2v) is 4.03. The zero-order valence-electron chi connectivity index (χ0n) is 9.93. The van der Waals surface area contributed by atoms with Gasteiger partial charge in [0.25, 0.3) is 0 Å². The predicted octanol–water partition coefficient (Wildman–Crippen LogP) is 4.24. The van der Waals surface area contributed by atoms with E-state index in [0.29, 0.717) is 0 Å². The van der Waals surface area contributed by atoms with Crippen molar-refractivity contribution in [2.75, 3.05) is 0 Å². The van der Waals surface area contributed by atoms with Crippen LogP contribution in [0.4, 0.5) is 0 Å². The first-order valence-corrected chi connectivity index (χ1v) is 6.01. The molecule has 0 unspecified atom stereocenters. The molecule has 2 heteroatoms. The van der Waals surface area contributed by atoms with Crippen LogP contribution in [0.5, 0.6) is 0 Å². The highest BCUT2D eigenvalue weighted by Gasteiger charge is 2.05. The van der Waals surface area contributed by atoms with Gasteiger partial charge in [0.05, 0.1) is 0 Å². The van der Waals surface area contributed by atoms with Crippen molar-refractivity contribution in [1.29, 1.82) is 0 Å². The van der Waals surface area contributed by atoms with Crippen LogP contribution in [0.3, 0.4) is 0 Å². The van der Waals surface area contributed by atoms with Crippen LogP contribution in [-0.2, 0) is 6.42 Å². The van der Waals surface area contributed by atoms with E-state index in [-0.39, 0.29) is 0 Å². The molecule has 0 saturated heterocycles. The molecular weight excluding hydrogens is 210 g/mol. The molecule has 2 aromatic rings. The number of aryl methyl sites for hydroxylation is 1. The van der Waals surface area contributed by atoms with E-state index in [0.717, 1.165) is 42.8 Å². The summed E-state index contributed by atoms with van der Waals surface area (Å²) in [5.41, 5.74) is 2.03. The van der Waals surface area contributed by atoms with E-state index in [9.17, 15) is 0 Å². The number of allylic oxidation sites excluding steroid dienone is 1. The van der Waals surface area contributed by atoms with E-state index in [4.69, 9.17) is 4.42 Å². The Kier molecular flexibility index (Phi) is 4.14. The molecule has 1 aromatic carbocycles. The van der Waals surface area contributed by atoms with Gasteiger partial charge in [0.1, 0.15) is 12.0 Å². The van der Waals surface area contributed by atoms with Gasteiger partial charge in [-0.3, -0.25) is 0 Å². The highest BCUT2D eigenvalue weighted by Crippen LogP contribution is 2.18. The van der Waals surface area contributed by atoms with Crippen LogP contribution in [0, 0.1) is 0 Å². The Bertz CT molecular complexity index is 459. The summed E-state index contributed by atoms with van der Waals surface area (Å²) in [4.78, 5) is 4.49. The maximum Gasteiger partial charge on any atom is 0.194 e. The Morgan fingerprint density at radius 2 is 2.00 bits per heavy atom. The zero-order valence-corrected chi connectivity index (χ0v) is 9.93. The van der Waals surface area contributed by atoms with Crippen molar-refractivity contribution < 1.29 is 4.42 Å². The molecular formula is C15H17NO. The summed E-state index contributed by atoms with van der Waals surface area (Å²) in [5, 5.41) is 0. The average molecular weight is 227 g/mol. The van der Waals surface area contributed by atoms with E-state index in [1.807, 2.05) is 36.4 Å². The maximum atomic E-state index is 5.46. The summed E-state index contributed by atoms with van der Waals surface area (Å²) in [5.74, 6) is 0.827. The third kappa shape index (κ3) is 3.31. The molecule has 0 spiro atoms. The monoisotopic (exact) mass is 227 g/mol. The number of oxazole rings is 1. The zero-order chi connectivity index (χ0) is 11.9. The Labute approximate surface area is 102 Å². The van der Waals surface area contributed by atoms with Crippen molar-refractivity contribution >= 4 is 0 Å². The van der Waals surface area contributed by atoms with Crippen LogP contribution in [0.1, 0.15) is 25.2 Å². The van der Waals surface area contributed by atoms with Crippen LogP contribution in [-0.4, -0.2) is 4.98 Å². The van der Waals surface area contributed by atoms with Crippen LogP contribution in [0.25, 0.3) is 11.3 Å². The number of nitrogens with zero attached hydrogens (tertiary/aromatic N) is 1. The minimum atomic E-state index is 0.827. The van der Waals surface area contributed by atoms with Gasteiger partial charge in [-0.1, -0.05) is 36.4 Å². The van der Waals surface area contributed by atoms with E-state index in [2.05, 4.69) is 11.6 Å². The van der Waals surface area contributed by atoms with Crippen molar-refractivity contribution in [2.24, 2.45) is 0 Å². The summed E-state index contributed by atoms with van der Waals surface area (Å²) in [6.07, 6.45) is 7.89. The third-order valence-corrected chi connectivity index (χ3v) is 2.67. The molecule has 0 aliphatic rings. The lowest BCUT2D eigenvalue weighted by atomic mass is 10.2. The van der Waals surface area contributed by atoms with Crippen LogP contribution in [0.2, 0.25) is 0 Å². The van der Waals surface area contributed by atoms with Gasteiger partial charge in [0.2, 0.25) is 0 Å². The minimum absolute atomic E-state index is 0.827. The molecule has 2 nitrogen and oxygen atoms in total. The standard InChI is InChI=1S/C15H17NO/c1-2-3-4-8-11-15-16-14(12-17-15)13-9-6-5-7-10-13/h2,5-7,9-10,12H,1,3-4,8,11H2. The molecule has 0 bridgehead atoms. The second kappa shape index (κ2) is 6.04. The topological polar surface area (TPSA) is 26.0 Å². The van der Waals surface area contributed by atoms with Crippen molar-refractivity contribution in [2.45, 2.75) is 25.7 Å². The van der Waals surface area contributed by atoms with E-state index in [1.54, 1.807) is 6.26 Å². The maximum absolute atomic E-state index is 5.46. The van der Waals surface area contributed by atoms with Gasteiger partial charge in [-0.25, -0.2) is 4.98 Å². The largest absolute Gasteiger partial charge is 0.448 e. The third-order valence-electron chi connectivity index (χ3n) is 2.67. The van der Waals surface area contributed by atoms with E-state index < -0.39 is 0 Å². The Morgan fingerprint density at radius 1 is 1.18 bits per heavy atom. The molecule has 17 heavy (non-hydrogen) atoms. The lowest BCUT2D eigenvalue weighted by Crippen LogP contribution is -1.85. The SMILES string of the molecule is C=CCCCCc1nc(-c2ccccc2)co1. The summed E-state index contributed by atoms with van der Waals surface area (Å²) in [7, 11) is 0. The molecule has 0 radical (unpaired) electrons. The van der Waals surface area contributed by atoms with E-state index >= 15 is 0 Å². The molecule has 0 fully saturated rings. The highest BCUT2D eigenvalue weighted by molar-refractivity contribution is 5.57.